The number of aromatic nitrogens is 2. The molecule has 2 aliphatic rings. The Balaban J connectivity index is 1.62. The van der Waals surface area contributed by atoms with Gasteiger partial charge in [0, 0.05) is 52.3 Å². The first-order valence-corrected chi connectivity index (χ1v) is 9.27. The molecule has 0 unspecified atom stereocenters. The van der Waals surface area contributed by atoms with Gasteiger partial charge in [0.1, 0.15) is 12.1 Å². The summed E-state index contributed by atoms with van der Waals surface area (Å²) >= 11 is 0. The molecule has 0 aliphatic carbocycles. The van der Waals surface area contributed by atoms with E-state index in [-0.39, 0.29) is 5.91 Å². The zero-order valence-corrected chi connectivity index (χ0v) is 15.4. The smallest absolute Gasteiger partial charge is 0.257 e. The molecular formula is C19H25N5O2. The Kier molecular flexibility index (Phi) is 4.53. The molecule has 7 nitrogen and oxygen atoms in total. The van der Waals surface area contributed by atoms with Gasteiger partial charge in [-0.25, -0.2) is 4.98 Å². The summed E-state index contributed by atoms with van der Waals surface area (Å²) in [5.41, 5.74) is 2.85. The topological polar surface area (TPSA) is 65.7 Å². The molecule has 138 valence electrons. The highest BCUT2D eigenvalue weighted by Crippen LogP contribution is 2.28. The number of amides is 1. The van der Waals surface area contributed by atoms with Crippen molar-refractivity contribution in [3.8, 4) is 0 Å². The molecule has 0 N–H and O–H groups in total. The molecule has 2 aromatic rings. The van der Waals surface area contributed by atoms with Crippen LogP contribution in [0.5, 0.6) is 0 Å². The fourth-order valence-corrected chi connectivity index (χ4v) is 3.77. The van der Waals surface area contributed by atoms with Crippen molar-refractivity contribution >= 4 is 17.7 Å². The van der Waals surface area contributed by atoms with Crippen LogP contribution < -0.4 is 9.80 Å². The summed E-state index contributed by atoms with van der Waals surface area (Å²) in [5, 5.41) is 0. The molecule has 0 aromatic carbocycles. The maximum absolute atomic E-state index is 12.7. The molecule has 26 heavy (non-hydrogen) atoms. The average Bonchev–Trinajstić information content (AvgIpc) is 3.31. The van der Waals surface area contributed by atoms with Crippen LogP contribution >= 0.6 is 0 Å². The van der Waals surface area contributed by atoms with Gasteiger partial charge in [0.05, 0.1) is 17.5 Å². The van der Waals surface area contributed by atoms with Crippen LogP contribution in [-0.4, -0.2) is 61.0 Å². The summed E-state index contributed by atoms with van der Waals surface area (Å²) < 4.78 is 5.06. The van der Waals surface area contributed by atoms with Crippen LogP contribution in [0.3, 0.4) is 0 Å². The minimum Gasteiger partial charge on any atom is -0.472 e. The third-order valence-electron chi connectivity index (χ3n) is 5.18. The quantitative estimate of drug-likeness (QED) is 0.839. The third-order valence-corrected chi connectivity index (χ3v) is 5.18. The summed E-state index contributed by atoms with van der Waals surface area (Å²) in [4.78, 5) is 28.6. The summed E-state index contributed by atoms with van der Waals surface area (Å²) in [6, 6.07) is 1.72. The standard InChI is InChI=1S/C19H25N5O2/c1-22(2)17-15-5-10-23(18(25)14-7-12-26-13-14)11-6-16(15)20-19(21-17)24-8-3-4-9-24/h7,12-13H,3-6,8-11H2,1-2H3. The lowest BCUT2D eigenvalue weighted by Crippen LogP contribution is -2.33. The average molecular weight is 355 g/mol. The molecule has 1 fully saturated rings. The minimum absolute atomic E-state index is 0.0192. The fraction of sp³-hybridized carbons (Fsp3) is 0.526. The highest BCUT2D eigenvalue weighted by Gasteiger charge is 2.26. The number of furan rings is 1. The second-order valence-corrected chi connectivity index (χ2v) is 7.17. The van der Waals surface area contributed by atoms with Crippen molar-refractivity contribution in [1.29, 1.82) is 0 Å². The van der Waals surface area contributed by atoms with E-state index in [1.165, 1.54) is 30.9 Å². The molecule has 0 radical (unpaired) electrons. The van der Waals surface area contributed by atoms with Crippen LogP contribution in [-0.2, 0) is 12.8 Å². The van der Waals surface area contributed by atoms with Gasteiger partial charge in [-0.3, -0.25) is 4.79 Å². The SMILES string of the molecule is CN(C)c1nc(N2CCCC2)nc2c1CCN(C(=O)c1ccoc1)CC2. The summed E-state index contributed by atoms with van der Waals surface area (Å²) in [7, 11) is 4.05. The number of rotatable bonds is 3. The van der Waals surface area contributed by atoms with Crippen LogP contribution in [0, 0.1) is 0 Å². The van der Waals surface area contributed by atoms with Crippen molar-refractivity contribution in [1.82, 2.24) is 14.9 Å². The van der Waals surface area contributed by atoms with Gasteiger partial charge in [0.2, 0.25) is 5.95 Å². The molecule has 7 heteroatoms. The Bertz CT molecular complexity index is 781. The second kappa shape index (κ2) is 6.97. The van der Waals surface area contributed by atoms with Crippen molar-refractivity contribution in [2.75, 3.05) is 50.1 Å². The normalized spacial score (nSPS) is 17.2. The highest BCUT2D eigenvalue weighted by atomic mass is 16.3. The van der Waals surface area contributed by atoms with Gasteiger partial charge in [0.15, 0.2) is 0 Å². The van der Waals surface area contributed by atoms with E-state index in [0.717, 1.165) is 43.4 Å². The van der Waals surface area contributed by atoms with Crippen LogP contribution in [0.25, 0.3) is 0 Å². The summed E-state index contributed by atoms with van der Waals surface area (Å²) in [6.07, 6.45) is 6.97. The van der Waals surface area contributed by atoms with Crippen molar-refractivity contribution in [3.63, 3.8) is 0 Å². The molecule has 0 bridgehead atoms. The Hall–Kier alpha value is -2.57. The van der Waals surface area contributed by atoms with Crippen molar-refractivity contribution in [2.45, 2.75) is 25.7 Å². The number of hydrogen-bond donors (Lipinski definition) is 0. The largest absolute Gasteiger partial charge is 0.472 e. The number of hydrogen-bond acceptors (Lipinski definition) is 6. The van der Waals surface area contributed by atoms with Crippen LogP contribution in [0.15, 0.2) is 23.0 Å². The number of anilines is 2. The van der Waals surface area contributed by atoms with Gasteiger partial charge < -0.3 is 19.1 Å². The van der Waals surface area contributed by atoms with E-state index in [1.807, 2.05) is 19.0 Å². The van der Waals surface area contributed by atoms with Gasteiger partial charge >= 0.3 is 0 Å². The molecular weight excluding hydrogens is 330 g/mol. The van der Waals surface area contributed by atoms with Crippen molar-refractivity contribution in [3.05, 3.63) is 35.4 Å². The van der Waals surface area contributed by atoms with Gasteiger partial charge in [-0.2, -0.15) is 4.98 Å². The zero-order valence-electron chi connectivity index (χ0n) is 15.4. The first-order valence-electron chi connectivity index (χ1n) is 9.27. The van der Waals surface area contributed by atoms with Gasteiger partial charge in [-0.1, -0.05) is 0 Å². The molecule has 0 spiro atoms. The molecule has 4 heterocycles. The second-order valence-electron chi connectivity index (χ2n) is 7.17. The molecule has 1 amide bonds. The van der Waals surface area contributed by atoms with Gasteiger partial charge in [-0.15, -0.1) is 0 Å². The minimum atomic E-state index is 0.0192. The molecule has 2 aromatic heterocycles. The third kappa shape index (κ3) is 3.13. The Labute approximate surface area is 153 Å². The molecule has 1 saturated heterocycles. The maximum atomic E-state index is 12.7. The van der Waals surface area contributed by atoms with Crippen molar-refractivity contribution in [2.24, 2.45) is 0 Å². The molecule has 4 rings (SSSR count). The highest BCUT2D eigenvalue weighted by molar-refractivity contribution is 5.93. The van der Waals surface area contributed by atoms with E-state index in [2.05, 4.69) is 9.80 Å². The number of carbonyl (C=O) groups excluding carboxylic acids is 1. The van der Waals surface area contributed by atoms with E-state index in [1.54, 1.807) is 6.07 Å². The van der Waals surface area contributed by atoms with E-state index < -0.39 is 0 Å². The number of carbonyl (C=O) groups is 1. The summed E-state index contributed by atoms with van der Waals surface area (Å²) in [6.45, 7) is 3.39. The Morgan fingerprint density at radius 3 is 2.58 bits per heavy atom. The number of nitrogens with zero attached hydrogens (tertiary/aromatic N) is 5. The molecule has 2 aliphatic heterocycles. The van der Waals surface area contributed by atoms with Gasteiger partial charge in [-0.05, 0) is 25.3 Å². The monoisotopic (exact) mass is 355 g/mol. The number of fused-ring (bicyclic) bond motifs is 1. The van der Waals surface area contributed by atoms with E-state index in [9.17, 15) is 4.79 Å². The first-order chi connectivity index (χ1) is 12.6. The fourth-order valence-electron chi connectivity index (χ4n) is 3.77. The van der Waals surface area contributed by atoms with Crippen molar-refractivity contribution < 1.29 is 9.21 Å². The zero-order chi connectivity index (χ0) is 18.1. The van der Waals surface area contributed by atoms with E-state index in [4.69, 9.17) is 14.4 Å². The molecule has 0 saturated carbocycles. The lowest BCUT2D eigenvalue weighted by Gasteiger charge is -2.22. The van der Waals surface area contributed by atoms with E-state index in [0.29, 0.717) is 18.7 Å². The predicted octanol–water partition coefficient (Wildman–Crippen LogP) is 1.98. The van der Waals surface area contributed by atoms with Crippen LogP contribution in [0.4, 0.5) is 11.8 Å². The predicted molar refractivity (Wildman–Crippen MR) is 99.8 cm³/mol. The Morgan fingerprint density at radius 1 is 1.12 bits per heavy atom. The van der Waals surface area contributed by atoms with Gasteiger partial charge in [0.25, 0.3) is 5.91 Å². The lowest BCUT2D eigenvalue weighted by atomic mass is 10.1. The summed E-state index contributed by atoms with van der Waals surface area (Å²) in [5.74, 6) is 1.83. The van der Waals surface area contributed by atoms with Crippen LogP contribution in [0.2, 0.25) is 0 Å². The van der Waals surface area contributed by atoms with Crippen LogP contribution in [0.1, 0.15) is 34.5 Å². The van der Waals surface area contributed by atoms with E-state index >= 15 is 0 Å². The molecule has 0 atom stereocenters. The lowest BCUT2D eigenvalue weighted by molar-refractivity contribution is 0.0762. The maximum Gasteiger partial charge on any atom is 0.257 e. The Morgan fingerprint density at radius 2 is 1.88 bits per heavy atom. The first kappa shape index (κ1) is 16.9.